The van der Waals surface area contributed by atoms with E-state index in [1.807, 2.05) is 0 Å². The number of alkyl halides is 3. The van der Waals surface area contributed by atoms with Gasteiger partial charge in [-0.1, -0.05) is 0 Å². The van der Waals surface area contributed by atoms with Crippen LogP contribution in [0.15, 0.2) is 0 Å². The number of amides is 1. The van der Waals surface area contributed by atoms with Gasteiger partial charge in [0.25, 0.3) is 5.91 Å². The van der Waals surface area contributed by atoms with Crippen LogP contribution in [-0.4, -0.2) is 22.2 Å². The van der Waals surface area contributed by atoms with E-state index in [0.717, 1.165) is 4.68 Å². The number of hydrogen-bond donors (Lipinski definition) is 2. The lowest BCUT2D eigenvalue weighted by atomic mass is 10.2. The molecule has 1 aliphatic rings. The van der Waals surface area contributed by atoms with Crippen molar-refractivity contribution in [1.29, 1.82) is 0 Å². The van der Waals surface area contributed by atoms with Crippen molar-refractivity contribution in [2.45, 2.75) is 19.1 Å². The lowest BCUT2D eigenvalue weighted by Crippen LogP contribution is -2.21. The van der Waals surface area contributed by atoms with E-state index >= 15 is 0 Å². The van der Waals surface area contributed by atoms with E-state index in [0.29, 0.717) is 19.5 Å². The Kier molecular flexibility index (Phi) is 2.28. The van der Waals surface area contributed by atoms with Crippen molar-refractivity contribution in [2.24, 2.45) is 5.73 Å². The highest BCUT2D eigenvalue weighted by Gasteiger charge is 2.41. The Balaban J connectivity index is 2.61. The number of anilines is 1. The quantitative estimate of drug-likeness (QED) is 0.755. The van der Waals surface area contributed by atoms with Crippen LogP contribution in [0.1, 0.15) is 22.5 Å². The summed E-state index contributed by atoms with van der Waals surface area (Å²) in [6.45, 7) is 0.849. The Morgan fingerprint density at radius 3 is 2.75 bits per heavy atom. The molecule has 1 aromatic heterocycles. The molecule has 0 aliphatic carbocycles. The summed E-state index contributed by atoms with van der Waals surface area (Å²) in [5.41, 5.74) is 3.15. The molecule has 5 nitrogen and oxygen atoms in total. The third-order valence-electron chi connectivity index (χ3n) is 2.31. The number of carbonyl (C=O) groups is 1. The molecule has 0 bridgehead atoms. The summed E-state index contributed by atoms with van der Waals surface area (Å²) in [4.78, 5) is 11.0. The second-order valence-electron chi connectivity index (χ2n) is 3.44. The Labute approximate surface area is 88.4 Å². The van der Waals surface area contributed by atoms with Gasteiger partial charge in [-0.15, -0.1) is 0 Å². The Bertz CT molecular complexity index is 437. The zero-order valence-corrected chi connectivity index (χ0v) is 8.14. The average molecular weight is 234 g/mol. The van der Waals surface area contributed by atoms with Crippen LogP contribution in [0.25, 0.3) is 0 Å². The first kappa shape index (κ1) is 10.8. The number of carbonyl (C=O) groups excluding carboxylic acids is 1. The minimum atomic E-state index is -4.67. The van der Waals surface area contributed by atoms with Crippen molar-refractivity contribution in [2.75, 3.05) is 11.9 Å². The number of aromatic nitrogens is 2. The Hall–Kier alpha value is -1.73. The highest BCUT2D eigenvalue weighted by molar-refractivity contribution is 5.99. The minimum absolute atomic E-state index is 0.0612. The van der Waals surface area contributed by atoms with Gasteiger partial charge in [-0.2, -0.15) is 18.3 Å². The van der Waals surface area contributed by atoms with Crippen molar-refractivity contribution in [1.82, 2.24) is 9.78 Å². The van der Waals surface area contributed by atoms with Crippen molar-refractivity contribution in [3.8, 4) is 0 Å². The molecule has 8 heteroatoms. The summed E-state index contributed by atoms with van der Waals surface area (Å²) in [6, 6.07) is 0. The van der Waals surface area contributed by atoms with Gasteiger partial charge >= 0.3 is 6.18 Å². The number of rotatable bonds is 1. The maximum absolute atomic E-state index is 12.6. The topological polar surface area (TPSA) is 72.9 Å². The molecular formula is C8H9F3N4O. The second-order valence-corrected chi connectivity index (χ2v) is 3.44. The normalized spacial score (nSPS) is 15.4. The SMILES string of the molecule is NC(=O)c1c(C(F)(F)F)nn2c1NCCC2. The van der Waals surface area contributed by atoms with Crippen LogP contribution in [0.4, 0.5) is 19.0 Å². The van der Waals surface area contributed by atoms with E-state index in [1.54, 1.807) is 0 Å². The molecule has 0 radical (unpaired) electrons. The van der Waals surface area contributed by atoms with E-state index in [2.05, 4.69) is 10.4 Å². The zero-order chi connectivity index (χ0) is 11.9. The molecule has 1 aliphatic heterocycles. The maximum atomic E-state index is 12.6. The van der Waals surface area contributed by atoms with Crippen LogP contribution in [-0.2, 0) is 12.7 Å². The summed E-state index contributed by atoms with van der Waals surface area (Å²) in [5.74, 6) is -1.06. The van der Waals surface area contributed by atoms with Crippen LogP contribution < -0.4 is 11.1 Å². The first-order valence-electron chi connectivity index (χ1n) is 4.63. The number of hydrogen-bond acceptors (Lipinski definition) is 3. The number of fused-ring (bicyclic) bond motifs is 1. The molecule has 3 N–H and O–H groups in total. The van der Waals surface area contributed by atoms with E-state index in [4.69, 9.17) is 5.73 Å². The lowest BCUT2D eigenvalue weighted by Gasteiger charge is -2.15. The van der Waals surface area contributed by atoms with Crippen LogP contribution in [0, 0.1) is 0 Å². The molecule has 16 heavy (non-hydrogen) atoms. The summed E-state index contributed by atoms with van der Waals surface area (Å²) in [6.07, 6.45) is -4.01. The third-order valence-corrected chi connectivity index (χ3v) is 2.31. The fourth-order valence-electron chi connectivity index (χ4n) is 1.67. The number of primary amides is 1. The average Bonchev–Trinajstić information content (AvgIpc) is 2.55. The van der Waals surface area contributed by atoms with Crippen molar-refractivity contribution in [3.63, 3.8) is 0 Å². The molecule has 0 unspecified atom stereocenters. The summed E-state index contributed by atoms with van der Waals surface area (Å²) >= 11 is 0. The largest absolute Gasteiger partial charge is 0.436 e. The number of halogens is 3. The molecule has 0 saturated heterocycles. The standard InChI is InChI=1S/C8H9F3N4O/c9-8(10,11)5-4(6(12)16)7-13-2-1-3-15(7)14-5/h13H,1-3H2,(H2,12,16). The van der Waals surface area contributed by atoms with E-state index in [9.17, 15) is 18.0 Å². The Morgan fingerprint density at radius 2 is 2.19 bits per heavy atom. The highest BCUT2D eigenvalue weighted by Crippen LogP contribution is 2.35. The van der Waals surface area contributed by atoms with Gasteiger partial charge in [0.05, 0.1) is 0 Å². The van der Waals surface area contributed by atoms with Gasteiger partial charge in [-0.25, -0.2) is 4.68 Å². The monoisotopic (exact) mass is 234 g/mol. The van der Waals surface area contributed by atoms with Crippen LogP contribution >= 0.6 is 0 Å². The van der Waals surface area contributed by atoms with Gasteiger partial charge in [-0.05, 0) is 6.42 Å². The zero-order valence-electron chi connectivity index (χ0n) is 8.14. The van der Waals surface area contributed by atoms with E-state index in [1.165, 1.54) is 0 Å². The predicted octanol–water partition coefficient (Wildman–Crippen LogP) is 0.816. The summed E-state index contributed by atoms with van der Waals surface area (Å²) in [7, 11) is 0. The first-order valence-corrected chi connectivity index (χ1v) is 4.63. The van der Waals surface area contributed by atoms with Crippen molar-refractivity contribution < 1.29 is 18.0 Å². The van der Waals surface area contributed by atoms with Gasteiger partial charge in [0.15, 0.2) is 5.69 Å². The molecular weight excluding hydrogens is 225 g/mol. The second kappa shape index (κ2) is 3.39. The predicted molar refractivity (Wildman–Crippen MR) is 48.9 cm³/mol. The minimum Gasteiger partial charge on any atom is -0.370 e. The number of nitrogens with two attached hydrogens (primary N) is 1. The van der Waals surface area contributed by atoms with Crippen LogP contribution in [0.2, 0.25) is 0 Å². The molecule has 2 rings (SSSR count). The molecule has 0 saturated carbocycles. The molecule has 2 heterocycles. The fourth-order valence-corrected chi connectivity index (χ4v) is 1.67. The molecule has 1 amide bonds. The van der Waals surface area contributed by atoms with Gasteiger partial charge in [0.1, 0.15) is 11.4 Å². The van der Waals surface area contributed by atoms with Gasteiger partial charge in [0.2, 0.25) is 0 Å². The number of nitrogens with zero attached hydrogens (tertiary/aromatic N) is 2. The third kappa shape index (κ3) is 1.59. The summed E-state index contributed by atoms with van der Waals surface area (Å²) < 4.78 is 38.9. The van der Waals surface area contributed by atoms with Crippen LogP contribution in [0.3, 0.4) is 0 Å². The molecule has 0 spiro atoms. The first-order chi connectivity index (χ1) is 7.41. The molecule has 0 fully saturated rings. The smallest absolute Gasteiger partial charge is 0.370 e. The van der Waals surface area contributed by atoms with Gasteiger partial charge in [0, 0.05) is 13.1 Å². The number of aryl methyl sites for hydroxylation is 1. The maximum Gasteiger partial charge on any atom is 0.436 e. The lowest BCUT2D eigenvalue weighted by molar-refractivity contribution is -0.141. The van der Waals surface area contributed by atoms with Gasteiger partial charge < -0.3 is 11.1 Å². The number of nitrogens with one attached hydrogen (secondary N) is 1. The van der Waals surface area contributed by atoms with Gasteiger partial charge in [-0.3, -0.25) is 4.79 Å². The highest BCUT2D eigenvalue weighted by atomic mass is 19.4. The van der Waals surface area contributed by atoms with E-state index < -0.39 is 23.3 Å². The molecule has 0 atom stereocenters. The van der Waals surface area contributed by atoms with E-state index in [-0.39, 0.29) is 5.82 Å². The molecule has 0 aromatic carbocycles. The fraction of sp³-hybridized carbons (Fsp3) is 0.500. The van der Waals surface area contributed by atoms with Crippen molar-refractivity contribution >= 4 is 11.7 Å². The van der Waals surface area contributed by atoms with Crippen LogP contribution in [0.5, 0.6) is 0 Å². The Morgan fingerprint density at radius 1 is 1.50 bits per heavy atom. The summed E-state index contributed by atoms with van der Waals surface area (Å²) in [5, 5.41) is 6.08. The van der Waals surface area contributed by atoms with Crippen molar-refractivity contribution in [3.05, 3.63) is 11.3 Å². The molecule has 1 aromatic rings. The molecule has 88 valence electrons.